The number of rotatable bonds is 8. The molecule has 2 aromatic carbocycles. The van der Waals surface area contributed by atoms with Gasteiger partial charge in [0.25, 0.3) is 0 Å². The van der Waals surface area contributed by atoms with Crippen LogP contribution in [0.3, 0.4) is 0 Å². The summed E-state index contributed by atoms with van der Waals surface area (Å²) in [6.07, 6.45) is 2.53. The van der Waals surface area contributed by atoms with Crippen molar-refractivity contribution in [3.63, 3.8) is 0 Å². The first-order valence-corrected chi connectivity index (χ1v) is 13.9. The molecule has 1 aliphatic rings. The average Bonchev–Trinajstić information content (AvgIpc) is 2.71. The molecule has 30 heavy (non-hydrogen) atoms. The van der Waals surface area contributed by atoms with Crippen molar-refractivity contribution >= 4 is 14.3 Å². The molecule has 0 aromatic heterocycles. The maximum absolute atomic E-state index is 12.5. The summed E-state index contributed by atoms with van der Waals surface area (Å²) in [6, 6.07) is 20.6. The van der Waals surface area contributed by atoms with Gasteiger partial charge in [0.1, 0.15) is 11.5 Å². The van der Waals surface area contributed by atoms with E-state index in [9.17, 15) is 4.79 Å². The number of aryl methyl sites for hydroxylation is 1. The van der Waals surface area contributed by atoms with E-state index < -0.39 is 13.7 Å². The van der Waals surface area contributed by atoms with Crippen molar-refractivity contribution in [1.82, 2.24) is 0 Å². The van der Waals surface area contributed by atoms with Crippen molar-refractivity contribution in [2.45, 2.75) is 82.7 Å². The summed E-state index contributed by atoms with van der Waals surface area (Å²) >= 11 is 0. The van der Waals surface area contributed by atoms with Crippen LogP contribution in [-0.4, -0.2) is 26.5 Å². The second kappa shape index (κ2) is 8.68. The van der Waals surface area contributed by atoms with Crippen molar-refractivity contribution < 1.29 is 14.0 Å². The van der Waals surface area contributed by atoms with E-state index in [1.54, 1.807) is 0 Å². The predicted octanol–water partition coefficient (Wildman–Crippen LogP) is 6.28. The van der Waals surface area contributed by atoms with Crippen LogP contribution in [0.5, 0.6) is 0 Å². The van der Waals surface area contributed by atoms with Gasteiger partial charge in [-0.2, -0.15) is 0 Å². The topological polar surface area (TPSA) is 35.5 Å². The number of ether oxygens (including phenoxy) is 1. The van der Waals surface area contributed by atoms with Gasteiger partial charge in [0, 0.05) is 12.5 Å². The lowest BCUT2D eigenvalue weighted by Gasteiger charge is -2.47. The molecule has 162 valence electrons. The summed E-state index contributed by atoms with van der Waals surface area (Å²) in [6.45, 7) is 13.4. The molecule has 0 N–H and O–H groups in total. The molecule has 1 saturated heterocycles. The number of esters is 1. The minimum absolute atomic E-state index is 0.0623. The zero-order valence-corrected chi connectivity index (χ0v) is 20.3. The number of hydrogen-bond acceptors (Lipinski definition) is 3. The minimum atomic E-state index is -1.94. The van der Waals surface area contributed by atoms with Gasteiger partial charge < -0.3 is 9.16 Å². The fourth-order valence-corrected chi connectivity index (χ4v) is 5.25. The fraction of sp³-hybridized carbons (Fsp3) is 0.500. The molecule has 4 heteroatoms. The average molecular weight is 425 g/mol. The number of carbonyl (C=O) groups excluding carboxylic acids is 1. The molecule has 2 aromatic rings. The SMILES string of the molecule is CC(C)(C)[Si](C)(C)O[C@H](CCc1ccccc1)C[C@H]1OC(=O)[C@]1(C)c1ccccc1. The maximum Gasteiger partial charge on any atom is 0.320 e. The first kappa shape index (κ1) is 22.8. The summed E-state index contributed by atoms with van der Waals surface area (Å²) in [5.41, 5.74) is 1.75. The molecule has 0 amide bonds. The first-order chi connectivity index (χ1) is 14.0. The molecule has 1 aliphatic heterocycles. The van der Waals surface area contributed by atoms with Gasteiger partial charge >= 0.3 is 5.97 Å². The molecule has 3 atom stereocenters. The van der Waals surface area contributed by atoms with Gasteiger partial charge in [-0.15, -0.1) is 0 Å². The van der Waals surface area contributed by atoms with Crippen molar-refractivity contribution in [2.24, 2.45) is 0 Å². The van der Waals surface area contributed by atoms with E-state index >= 15 is 0 Å². The monoisotopic (exact) mass is 424 g/mol. The van der Waals surface area contributed by atoms with E-state index in [1.807, 2.05) is 43.3 Å². The molecule has 3 nitrogen and oxygen atoms in total. The highest BCUT2D eigenvalue weighted by Gasteiger charge is 2.56. The molecule has 0 unspecified atom stereocenters. The lowest BCUT2D eigenvalue weighted by atomic mass is 9.71. The Kier molecular flexibility index (Phi) is 6.59. The van der Waals surface area contributed by atoms with Crippen LogP contribution in [-0.2, 0) is 25.8 Å². The van der Waals surface area contributed by atoms with Gasteiger partial charge in [-0.25, -0.2) is 0 Å². The van der Waals surface area contributed by atoms with Gasteiger partial charge in [-0.1, -0.05) is 81.4 Å². The largest absolute Gasteiger partial charge is 0.460 e. The standard InChI is InChI=1S/C26H36O3Si/c1-25(2,3)30(5,6)29-22(18-17-20-13-9-7-10-14-20)19-23-26(4,24(27)28-23)21-15-11-8-12-16-21/h7-16,22-23H,17-19H2,1-6H3/t22-,23-,26-/m1/s1. The smallest absolute Gasteiger partial charge is 0.320 e. The lowest BCUT2D eigenvalue weighted by Crippen LogP contribution is -2.59. The van der Waals surface area contributed by atoms with Crippen LogP contribution < -0.4 is 0 Å². The molecule has 0 saturated carbocycles. The molecule has 0 radical (unpaired) electrons. The normalized spacial score (nSPS) is 22.9. The number of cyclic esters (lactones) is 1. The number of benzene rings is 2. The predicted molar refractivity (Wildman–Crippen MR) is 125 cm³/mol. The first-order valence-electron chi connectivity index (χ1n) is 11.0. The van der Waals surface area contributed by atoms with Crippen molar-refractivity contribution in [3.05, 3.63) is 71.8 Å². The van der Waals surface area contributed by atoms with E-state index in [2.05, 4.69) is 58.1 Å². The number of hydrogen-bond donors (Lipinski definition) is 0. The van der Waals surface area contributed by atoms with Crippen LogP contribution in [0.2, 0.25) is 18.1 Å². The highest BCUT2D eigenvalue weighted by atomic mass is 28.4. The lowest BCUT2D eigenvalue weighted by molar-refractivity contribution is -0.192. The Morgan fingerprint density at radius 1 is 1.03 bits per heavy atom. The molecule has 1 heterocycles. The second-order valence-electron chi connectivity index (χ2n) is 10.2. The highest BCUT2D eigenvalue weighted by Crippen LogP contribution is 2.44. The molecule has 1 fully saturated rings. The third-order valence-electron chi connectivity index (χ3n) is 7.03. The molecule has 0 bridgehead atoms. The minimum Gasteiger partial charge on any atom is -0.460 e. The molecule has 3 rings (SSSR count). The van der Waals surface area contributed by atoms with E-state index in [-0.39, 0.29) is 23.2 Å². The zero-order valence-electron chi connectivity index (χ0n) is 19.3. The summed E-state index contributed by atoms with van der Waals surface area (Å²) in [5, 5.41) is 0.136. The van der Waals surface area contributed by atoms with Crippen LogP contribution in [0.25, 0.3) is 0 Å². The molecule has 0 spiro atoms. The third kappa shape index (κ3) is 4.70. The van der Waals surface area contributed by atoms with E-state index in [0.717, 1.165) is 24.8 Å². The fourth-order valence-electron chi connectivity index (χ4n) is 3.84. The Bertz CT molecular complexity index is 842. The van der Waals surface area contributed by atoms with Gasteiger partial charge in [0.05, 0.1) is 0 Å². The van der Waals surface area contributed by atoms with Crippen molar-refractivity contribution in [3.8, 4) is 0 Å². The third-order valence-corrected chi connectivity index (χ3v) is 11.6. The Morgan fingerprint density at radius 3 is 2.13 bits per heavy atom. The van der Waals surface area contributed by atoms with Crippen LogP contribution >= 0.6 is 0 Å². The maximum atomic E-state index is 12.5. The van der Waals surface area contributed by atoms with E-state index in [0.29, 0.717) is 0 Å². The molecular weight excluding hydrogens is 388 g/mol. The second-order valence-corrected chi connectivity index (χ2v) is 15.0. The molecule has 0 aliphatic carbocycles. The number of carbonyl (C=O) groups is 1. The van der Waals surface area contributed by atoms with Gasteiger partial charge in [-0.05, 0) is 49.0 Å². The zero-order chi connectivity index (χ0) is 22.0. The van der Waals surface area contributed by atoms with Crippen molar-refractivity contribution in [1.29, 1.82) is 0 Å². The molecular formula is C26H36O3Si. The van der Waals surface area contributed by atoms with Gasteiger partial charge in [0.2, 0.25) is 0 Å². The van der Waals surface area contributed by atoms with Crippen LogP contribution in [0, 0.1) is 0 Å². The quantitative estimate of drug-likeness (QED) is 0.369. The Balaban J connectivity index is 1.78. The van der Waals surface area contributed by atoms with Crippen LogP contribution in [0.4, 0.5) is 0 Å². The van der Waals surface area contributed by atoms with E-state index in [4.69, 9.17) is 9.16 Å². The summed E-state index contributed by atoms with van der Waals surface area (Å²) < 4.78 is 12.5. The summed E-state index contributed by atoms with van der Waals surface area (Å²) in [4.78, 5) is 12.5. The van der Waals surface area contributed by atoms with Crippen molar-refractivity contribution in [2.75, 3.05) is 0 Å². The highest BCUT2D eigenvalue weighted by molar-refractivity contribution is 6.74. The van der Waals surface area contributed by atoms with Gasteiger partial charge in [0.15, 0.2) is 8.32 Å². The Hall–Kier alpha value is -1.91. The summed E-state index contributed by atoms with van der Waals surface area (Å²) in [7, 11) is -1.94. The van der Waals surface area contributed by atoms with Crippen LogP contribution in [0.15, 0.2) is 60.7 Å². The Labute approximate surface area is 182 Å². The van der Waals surface area contributed by atoms with E-state index in [1.165, 1.54) is 5.56 Å². The Morgan fingerprint density at radius 2 is 1.60 bits per heavy atom. The van der Waals surface area contributed by atoms with Gasteiger partial charge in [-0.3, -0.25) is 4.79 Å². The summed E-state index contributed by atoms with van der Waals surface area (Å²) in [5.74, 6) is -0.132. The van der Waals surface area contributed by atoms with Crippen LogP contribution in [0.1, 0.15) is 51.7 Å².